The number of carbonyl (C=O) groups is 1. The summed E-state index contributed by atoms with van der Waals surface area (Å²) in [5, 5.41) is 3.37. The van der Waals surface area contributed by atoms with Crippen LogP contribution in [-0.4, -0.2) is 38.8 Å². The van der Waals surface area contributed by atoms with Crippen LogP contribution < -0.4 is 14.8 Å². The molecule has 1 aromatic heterocycles. The number of hydrogen-bond donors (Lipinski definition) is 1. The number of rotatable bonds is 9. The minimum absolute atomic E-state index is 0.202. The van der Waals surface area contributed by atoms with Crippen molar-refractivity contribution in [3.8, 4) is 11.5 Å². The number of thiazole rings is 1. The number of nitrogens with zero attached hydrogens (tertiary/aromatic N) is 1. The van der Waals surface area contributed by atoms with Gasteiger partial charge in [0, 0.05) is 11.8 Å². The molecule has 0 aliphatic rings. The first kappa shape index (κ1) is 23.3. The normalized spacial score (nSPS) is 11.5. The second-order valence-electron chi connectivity index (χ2n) is 6.80. The van der Waals surface area contributed by atoms with E-state index in [-0.39, 0.29) is 9.92 Å². The molecular weight excluding hydrogens is 460 g/mol. The van der Waals surface area contributed by atoms with Crippen molar-refractivity contribution >= 4 is 54.0 Å². The summed E-state index contributed by atoms with van der Waals surface area (Å²) >= 11 is 7.56. The lowest BCUT2D eigenvalue weighted by Gasteiger charge is -2.15. The minimum atomic E-state index is -3.33. The van der Waals surface area contributed by atoms with Crippen LogP contribution in [0.4, 0.5) is 5.13 Å². The van der Waals surface area contributed by atoms with Gasteiger partial charge >= 0.3 is 0 Å². The van der Waals surface area contributed by atoms with Gasteiger partial charge in [0.1, 0.15) is 0 Å². The van der Waals surface area contributed by atoms with Crippen molar-refractivity contribution in [1.82, 2.24) is 4.98 Å². The van der Waals surface area contributed by atoms with Crippen molar-refractivity contribution in [3.63, 3.8) is 0 Å². The van der Waals surface area contributed by atoms with E-state index in [1.54, 1.807) is 18.2 Å². The van der Waals surface area contributed by atoms with Crippen LogP contribution >= 0.6 is 22.9 Å². The number of amides is 1. The van der Waals surface area contributed by atoms with Gasteiger partial charge in [-0.2, -0.15) is 0 Å². The summed E-state index contributed by atoms with van der Waals surface area (Å²) in [4.78, 5) is 17.4. The van der Waals surface area contributed by atoms with Crippen molar-refractivity contribution in [2.24, 2.45) is 0 Å². The quantitative estimate of drug-likeness (QED) is 0.422. The second-order valence-corrected chi connectivity index (χ2v) is 10.2. The molecule has 0 aliphatic carbocycles. The maximum atomic E-state index is 12.8. The Labute approximate surface area is 190 Å². The number of halogens is 1. The fraction of sp³-hybridized carbons (Fsp3) is 0.333. The number of ether oxygens (including phenoxy) is 2. The number of anilines is 1. The molecule has 3 rings (SSSR count). The number of hydrogen-bond acceptors (Lipinski definition) is 7. The van der Waals surface area contributed by atoms with E-state index < -0.39 is 15.7 Å². The number of aromatic nitrogens is 1. The molecule has 1 amide bonds. The molecule has 31 heavy (non-hydrogen) atoms. The van der Waals surface area contributed by atoms with Gasteiger partial charge in [-0.1, -0.05) is 36.3 Å². The van der Waals surface area contributed by atoms with Crippen molar-refractivity contribution in [1.29, 1.82) is 0 Å². The molecule has 10 heteroatoms. The fourth-order valence-electron chi connectivity index (χ4n) is 2.78. The van der Waals surface area contributed by atoms with Crippen LogP contribution in [0.25, 0.3) is 10.2 Å². The summed E-state index contributed by atoms with van der Waals surface area (Å²) in [7, 11) is -3.33. The summed E-state index contributed by atoms with van der Waals surface area (Å²) in [6.45, 7) is 4.79. The highest BCUT2D eigenvalue weighted by atomic mass is 35.5. The van der Waals surface area contributed by atoms with Crippen LogP contribution in [0.2, 0.25) is 5.02 Å². The highest BCUT2D eigenvalue weighted by Gasteiger charge is 2.18. The third-order valence-electron chi connectivity index (χ3n) is 4.32. The first-order valence-electron chi connectivity index (χ1n) is 9.74. The van der Waals surface area contributed by atoms with Gasteiger partial charge in [0.15, 0.2) is 26.5 Å². The Morgan fingerprint density at radius 3 is 2.65 bits per heavy atom. The third-order valence-corrected chi connectivity index (χ3v) is 6.65. The summed E-state index contributed by atoms with van der Waals surface area (Å²) in [6, 6.07) is 7.76. The smallest absolute Gasteiger partial charge is 0.257 e. The molecule has 0 aliphatic heterocycles. The summed E-state index contributed by atoms with van der Waals surface area (Å²) in [5.74, 6) is 0.408. The SMILES string of the molecule is CCCCOc1c(Cl)cc(C(=O)Nc2nc3ccc(S(C)(=O)=O)cc3s2)cc1OCC. The van der Waals surface area contributed by atoms with Crippen LogP contribution in [0.15, 0.2) is 35.2 Å². The Morgan fingerprint density at radius 2 is 1.97 bits per heavy atom. The molecule has 3 aromatic rings. The summed E-state index contributed by atoms with van der Waals surface area (Å²) < 4.78 is 35.5. The maximum Gasteiger partial charge on any atom is 0.257 e. The molecule has 0 atom stereocenters. The Bertz CT molecular complexity index is 1210. The Kier molecular flexibility index (Phi) is 7.40. The molecule has 0 radical (unpaired) electrons. The second kappa shape index (κ2) is 9.84. The Hall–Kier alpha value is -2.36. The Balaban J connectivity index is 1.85. The van der Waals surface area contributed by atoms with Crippen molar-refractivity contribution in [3.05, 3.63) is 40.9 Å². The number of unbranched alkanes of at least 4 members (excludes halogenated alkanes) is 1. The number of sulfone groups is 1. The van der Waals surface area contributed by atoms with E-state index in [9.17, 15) is 13.2 Å². The number of carbonyl (C=O) groups excluding carboxylic acids is 1. The highest BCUT2D eigenvalue weighted by molar-refractivity contribution is 7.90. The molecule has 0 fully saturated rings. The van der Waals surface area contributed by atoms with Gasteiger partial charge in [0.25, 0.3) is 5.91 Å². The Morgan fingerprint density at radius 1 is 1.19 bits per heavy atom. The van der Waals surface area contributed by atoms with E-state index >= 15 is 0 Å². The van der Waals surface area contributed by atoms with Gasteiger partial charge < -0.3 is 9.47 Å². The number of benzene rings is 2. The first-order chi connectivity index (χ1) is 14.7. The summed E-state index contributed by atoms with van der Waals surface area (Å²) in [6.07, 6.45) is 3.01. The molecule has 1 N–H and O–H groups in total. The van der Waals surface area contributed by atoms with E-state index in [4.69, 9.17) is 21.1 Å². The molecule has 2 aromatic carbocycles. The predicted molar refractivity (Wildman–Crippen MR) is 124 cm³/mol. The van der Waals surface area contributed by atoms with Gasteiger partial charge in [-0.15, -0.1) is 0 Å². The molecule has 0 saturated heterocycles. The monoisotopic (exact) mass is 482 g/mol. The topological polar surface area (TPSA) is 94.6 Å². The zero-order chi connectivity index (χ0) is 22.6. The van der Waals surface area contributed by atoms with Gasteiger partial charge in [-0.05, 0) is 43.7 Å². The average Bonchev–Trinajstić information content (AvgIpc) is 3.10. The highest BCUT2D eigenvalue weighted by Crippen LogP contribution is 2.37. The lowest BCUT2D eigenvalue weighted by Crippen LogP contribution is -2.12. The zero-order valence-electron chi connectivity index (χ0n) is 17.4. The van der Waals surface area contributed by atoms with Gasteiger partial charge in [0.2, 0.25) is 0 Å². The molecule has 7 nitrogen and oxygen atoms in total. The van der Waals surface area contributed by atoms with Crippen molar-refractivity contribution in [2.75, 3.05) is 24.8 Å². The lowest BCUT2D eigenvalue weighted by atomic mass is 10.2. The molecule has 0 spiro atoms. The van der Waals surface area contributed by atoms with E-state index in [1.165, 1.54) is 23.5 Å². The molecule has 0 unspecified atom stereocenters. The maximum absolute atomic E-state index is 12.8. The number of fused-ring (bicyclic) bond motifs is 1. The molecule has 166 valence electrons. The van der Waals surface area contributed by atoms with Crippen LogP contribution in [-0.2, 0) is 9.84 Å². The molecular formula is C21H23ClN2O5S2. The molecule has 1 heterocycles. The van der Waals surface area contributed by atoms with Crippen molar-refractivity contribution < 1.29 is 22.7 Å². The van der Waals surface area contributed by atoms with Crippen LogP contribution in [0.1, 0.15) is 37.0 Å². The van der Waals surface area contributed by atoms with Crippen LogP contribution in [0.5, 0.6) is 11.5 Å². The first-order valence-corrected chi connectivity index (χ1v) is 12.8. The lowest BCUT2D eigenvalue weighted by molar-refractivity contribution is 0.102. The van der Waals surface area contributed by atoms with Crippen LogP contribution in [0.3, 0.4) is 0 Å². The van der Waals surface area contributed by atoms with E-state index in [0.29, 0.717) is 45.6 Å². The standard InChI is InChI=1S/C21H23ClN2O5S2/c1-4-6-9-29-19-15(22)10-13(11-17(19)28-5-2)20(25)24-21-23-16-8-7-14(31(3,26)27)12-18(16)30-21/h7-8,10-12H,4-6,9H2,1-3H3,(H,23,24,25). The van der Waals surface area contributed by atoms with E-state index in [2.05, 4.69) is 17.2 Å². The molecule has 0 saturated carbocycles. The minimum Gasteiger partial charge on any atom is -0.490 e. The fourth-order valence-corrected chi connectivity index (χ4v) is 4.67. The summed E-state index contributed by atoms with van der Waals surface area (Å²) in [5.41, 5.74) is 0.896. The van der Waals surface area contributed by atoms with E-state index in [0.717, 1.165) is 19.1 Å². The van der Waals surface area contributed by atoms with Gasteiger partial charge in [-0.25, -0.2) is 13.4 Å². The zero-order valence-corrected chi connectivity index (χ0v) is 19.8. The number of nitrogens with one attached hydrogen (secondary N) is 1. The van der Waals surface area contributed by atoms with Gasteiger partial charge in [-0.3, -0.25) is 10.1 Å². The van der Waals surface area contributed by atoms with E-state index in [1.807, 2.05) is 6.92 Å². The molecule has 0 bridgehead atoms. The van der Waals surface area contributed by atoms with Crippen molar-refractivity contribution in [2.45, 2.75) is 31.6 Å². The average molecular weight is 483 g/mol. The van der Waals surface area contributed by atoms with Gasteiger partial charge in [0.05, 0.1) is 33.3 Å². The largest absolute Gasteiger partial charge is 0.490 e. The predicted octanol–water partition coefficient (Wildman–Crippen LogP) is 5.18. The van der Waals surface area contributed by atoms with Crippen LogP contribution in [0, 0.1) is 0 Å². The third kappa shape index (κ3) is 5.66.